The lowest BCUT2D eigenvalue weighted by atomic mass is 10.1. The Labute approximate surface area is 244 Å². The summed E-state index contributed by atoms with van der Waals surface area (Å²) in [5.74, 6) is 1.39. The van der Waals surface area contributed by atoms with Gasteiger partial charge >= 0.3 is 5.97 Å². The van der Waals surface area contributed by atoms with Gasteiger partial charge in [0.2, 0.25) is 5.91 Å². The number of imidazole rings is 1. The Morgan fingerprint density at radius 1 is 1.02 bits per heavy atom. The topological polar surface area (TPSA) is 129 Å². The first-order chi connectivity index (χ1) is 20.4. The predicted octanol–water partition coefficient (Wildman–Crippen LogP) is 3.27. The number of rotatable bonds is 10. The maximum absolute atomic E-state index is 11.6. The number of fused-ring (bicyclic) bond motifs is 1. The lowest BCUT2D eigenvalue weighted by Gasteiger charge is -2.28. The molecule has 1 saturated heterocycles. The fraction of sp³-hybridized carbons (Fsp3) is 0.323. The molecule has 0 spiro atoms. The maximum atomic E-state index is 11.6. The number of benzene rings is 2. The monoisotopic (exact) mass is 569 g/mol. The van der Waals surface area contributed by atoms with Crippen LogP contribution in [0.4, 0.5) is 5.82 Å². The SMILES string of the molecule is CCn1c(CN(C)Cc2ccc(/C=C/C(=O)OC)cc2)nc2c(N3CCOCC3)nc(-c3ccc(C(N)=O)cc3)nc21. The number of anilines is 1. The van der Waals surface area contributed by atoms with E-state index in [1.165, 1.54) is 13.2 Å². The van der Waals surface area contributed by atoms with Gasteiger partial charge < -0.3 is 24.7 Å². The van der Waals surface area contributed by atoms with Crippen molar-refractivity contribution in [1.29, 1.82) is 0 Å². The fourth-order valence-electron chi connectivity index (χ4n) is 4.97. The largest absolute Gasteiger partial charge is 0.466 e. The summed E-state index contributed by atoms with van der Waals surface area (Å²) in [6.45, 7) is 6.78. The molecule has 2 aromatic heterocycles. The van der Waals surface area contributed by atoms with E-state index in [9.17, 15) is 9.59 Å². The van der Waals surface area contributed by atoms with Crippen molar-refractivity contribution in [3.63, 3.8) is 0 Å². The first kappa shape index (κ1) is 28.9. The van der Waals surface area contributed by atoms with Gasteiger partial charge in [-0.2, -0.15) is 0 Å². The smallest absolute Gasteiger partial charge is 0.330 e. The molecule has 0 radical (unpaired) electrons. The normalized spacial score (nSPS) is 13.8. The van der Waals surface area contributed by atoms with Gasteiger partial charge in [-0.15, -0.1) is 0 Å². The zero-order chi connectivity index (χ0) is 29.6. The van der Waals surface area contributed by atoms with Crippen molar-refractivity contribution in [2.24, 2.45) is 5.73 Å². The molecule has 1 fully saturated rings. The summed E-state index contributed by atoms with van der Waals surface area (Å²) in [5.41, 5.74) is 10.3. The van der Waals surface area contributed by atoms with Crippen molar-refractivity contribution in [2.75, 3.05) is 45.4 Å². The first-order valence-electron chi connectivity index (χ1n) is 13.9. The van der Waals surface area contributed by atoms with Crippen LogP contribution in [-0.2, 0) is 33.9 Å². The molecule has 11 heteroatoms. The molecule has 0 unspecified atom stereocenters. The number of morpholine rings is 1. The minimum atomic E-state index is -0.476. The van der Waals surface area contributed by atoms with E-state index >= 15 is 0 Å². The number of esters is 1. The molecule has 5 rings (SSSR count). The van der Waals surface area contributed by atoms with Gasteiger partial charge in [0.25, 0.3) is 0 Å². The van der Waals surface area contributed by atoms with E-state index in [-0.39, 0.29) is 5.97 Å². The van der Waals surface area contributed by atoms with E-state index in [1.807, 2.05) is 36.4 Å². The zero-order valence-corrected chi connectivity index (χ0v) is 24.1. The first-order valence-corrected chi connectivity index (χ1v) is 13.9. The standard InChI is InChI=1S/C31H35N7O4/c1-4-38-25(20-36(2)19-22-7-5-21(6-8-22)9-14-26(39)41-3)33-27-30(37-15-17-42-18-16-37)34-29(35-31(27)38)24-12-10-23(11-13-24)28(32)40/h5-14H,4,15-20H2,1-3H3,(H2,32,40)/b14-9+. The van der Waals surface area contributed by atoms with Gasteiger partial charge in [0.05, 0.1) is 26.9 Å². The maximum Gasteiger partial charge on any atom is 0.330 e. The van der Waals surface area contributed by atoms with E-state index in [2.05, 4.69) is 33.1 Å². The number of nitrogens with two attached hydrogens (primary N) is 1. The number of hydrogen-bond donors (Lipinski definition) is 1. The van der Waals surface area contributed by atoms with Gasteiger partial charge in [0, 0.05) is 43.4 Å². The van der Waals surface area contributed by atoms with E-state index in [1.54, 1.807) is 18.2 Å². The second-order valence-electron chi connectivity index (χ2n) is 10.1. The van der Waals surface area contributed by atoms with Crippen LogP contribution in [0, 0.1) is 0 Å². The third kappa shape index (κ3) is 6.48. The number of nitrogens with zero attached hydrogens (tertiary/aromatic N) is 6. The van der Waals surface area contributed by atoms with Gasteiger partial charge in [0.1, 0.15) is 5.82 Å². The van der Waals surface area contributed by atoms with Crippen LogP contribution in [0.1, 0.15) is 34.2 Å². The number of carbonyl (C=O) groups is 2. The zero-order valence-electron chi connectivity index (χ0n) is 24.1. The molecule has 4 aromatic rings. The summed E-state index contributed by atoms with van der Waals surface area (Å²) in [6, 6.07) is 15.1. The van der Waals surface area contributed by atoms with Gasteiger partial charge in [-0.25, -0.2) is 19.7 Å². The summed E-state index contributed by atoms with van der Waals surface area (Å²) < 4.78 is 12.4. The van der Waals surface area contributed by atoms with Crippen molar-refractivity contribution >= 4 is 34.9 Å². The minimum Gasteiger partial charge on any atom is -0.466 e. The van der Waals surface area contributed by atoms with E-state index < -0.39 is 5.91 Å². The third-order valence-electron chi connectivity index (χ3n) is 7.17. The van der Waals surface area contributed by atoms with Crippen LogP contribution in [0.5, 0.6) is 0 Å². The fourth-order valence-corrected chi connectivity index (χ4v) is 4.97. The molecule has 0 saturated carbocycles. The van der Waals surface area contributed by atoms with Gasteiger partial charge in [-0.1, -0.05) is 36.4 Å². The Morgan fingerprint density at radius 3 is 2.38 bits per heavy atom. The molecule has 0 atom stereocenters. The van der Waals surface area contributed by atoms with Crippen LogP contribution in [0.3, 0.4) is 0 Å². The van der Waals surface area contributed by atoms with Crippen LogP contribution >= 0.6 is 0 Å². The van der Waals surface area contributed by atoms with Crippen LogP contribution in [0.25, 0.3) is 28.6 Å². The molecule has 1 aliphatic rings. The number of carbonyl (C=O) groups excluding carboxylic acids is 2. The molecule has 2 aromatic carbocycles. The number of ether oxygens (including phenoxy) is 2. The quantitative estimate of drug-likeness (QED) is 0.226. The van der Waals surface area contributed by atoms with Crippen molar-refractivity contribution in [2.45, 2.75) is 26.6 Å². The molecule has 3 heterocycles. The van der Waals surface area contributed by atoms with Crippen LogP contribution in [0.2, 0.25) is 0 Å². The van der Waals surface area contributed by atoms with E-state index in [0.717, 1.165) is 39.5 Å². The predicted molar refractivity (Wildman–Crippen MR) is 161 cm³/mol. The molecule has 42 heavy (non-hydrogen) atoms. The average Bonchev–Trinajstić information content (AvgIpc) is 3.37. The minimum absolute atomic E-state index is 0.382. The average molecular weight is 570 g/mol. The molecule has 2 N–H and O–H groups in total. The van der Waals surface area contributed by atoms with E-state index in [0.29, 0.717) is 57.3 Å². The van der Waals surface area contributed by atoms with Crippen molar-refractivity contribution in [3.8, 4) is 11.4 Å². The molecular formula is C31H35N7O4. The highest BCUT2D eigenvalue weighted by Gasteiger charge is 2.23. The Hall–Kier alpha value is -4.61. The summed E-state index contributed by atoms with van der Waals surface area (Å²) in [6.07, 6.45) is 3.14. The Kier molecular flexibility index (Phi) is 8.89. The van der Waals surface area contributed by atoms with Crippen molar-refractivity contribution in [1.82, 2.24) is 24.4 Å². The number of methoxy groups -OCH3 is 1. The Morgan fingerprint density at radius 2 is 1.74 bits per heavy atom. The molecule has 1 aliphatic heterocycles. The molecule has 0 bridgehead atoms. The second-order valence-corrected chi connectivity index (χ2v) is 10.1. The van der Waals surface area contributed by atoms with Crippen molar-refractivity contribution < 1.29 is 19.1 Å². The highest BCUT2D eigenvalue weighted by molar-refractivity contribution is 5.93. The molecule has 0 aliphatic carbocycles. The van der Waals surface area contributed by atoms with Crippen LogP contribution in [0.15, 0.2) is 54.6 Å². The second kappa shape index (κ2) is 12.9. The number of amides is 1. The summed E-state index contributed by atoms with van der Waals surface area (Å²) in [4.78, 5) is 42.4. The van der Waals surface area contributed by atoms with E-state index in [4.69, 9.17) is 25.4 Å². The Balaban J connectivity index is 1.44. The van der Waals surface area contributed by atoms with Crippen LogP contribution < -0.4 is 10.6 Å². The molecule has 11 nitrogen and oxygen atoms in total. The molecule has 218 valence electrons. The number of primary amides is 1. The van der Waals surface area contributed by atoms with Gasteiger partial charge in [-0.3, -0.25) is 9.69 Å². The summed E-state index contributed by atoms with van der Waals surface area (Å²) in [7, 11) is 3.42. The van der Waals surface area contributed by atoms with Crippen molar-refractivity contribution in [3.05, 3.63) is 77.1 Å². The van der Waals surface area contributed by atoms with Gasteiger partial charge in [-0.05, 0) is 43.3 Å². The van der Waals surface area contributed by atoms with Crippen LogP contribution in [-0.4, -0.2) is 76.8 Å². The Bertz CT molecular complexity index is 1590. The summed E-state index contributed by atoms with van der Waals surface area (Å²) in [5, 5.41) is 0. The number of aryl methyl sites for hydroxylation is 1. The molecule has 1 amide bonds. The van der Waals surface area contributed by atoms with Gasteiger partial charge in [0.15, 0.2) is 22.8 Å². The lowest BCUT2D eigenvalue weighted by Crippen LogP contribution is -2.37. The third-order valence-corrected chi connectivity index (χ3v) is 7.17. The highest BCUT2D eigenvalue weighted by Crippen LogP contribution is 2.29. The highest BCUT2D eigenvalue weighted by atomic mass is 16.5. The number of hydrogen-bond acceptors (Lipinski definition) is 9. The summed E-state index contributed by atoms with van der Waals surface area (Å²) >= 11 is 0. The number of aromatic nitrogens is 4. The lowest BCUT2D eigenvalue weighted by molar-refractivity contribution is -0.134. The molecular weight excluding hydrogens is 534 g/mol.